The van der Waals surface area contributed by atoms with Crippen molar-refractivity contribution in [2.45, 2.75) is 0 Å². The first-order valence-corrected chi connectivity index (χ1v) is 8.30. The first-order valence-electron chi connectivity index (χ1n) is 5.52. The van der Waals surface area contributed by atoms with Crippen molar-refractivity contribution >= 4 is 60.7 Å². The summed E-state index contributed by atoms with van der Waals surface area (Å²) in [6.45, 7) is 0. The number of hydrogen-bond acceptors (Lipinski definition) is 4. The van der Waals surface area contributed by atoms with Gasteiger partial charge in [-0.1, -0.05) is 28.9 Å². The third-order valence-electron chi connectivity index (χ3n) is 2.76. The molecule has 0 aliphatic heterocycles. The van der Waals surface area contributed by atoms with Crippen molar-refractivity contribution in [3.63, 3.8) is 0 Å². The predicted octanol–water partition coefficient (Wildman–Crippen LogP) is 5.83. The summed E-state index contributed by atoms with van der Waals surface area (Å²) in [6.07, 6.45) is 0. The average molecular weight is 435 g/mol. The van der Waals surface area contributed by atoms with E-state index >= 15 is 0 Å². The molecule has 0 atom stereocenters. The second-order valence-electron chi connectivity index (χ2n) is 4.02. The molecule has 3 nitrogen and oxygen atoms in total. The van der Waals surface area contributed by atoms with Crippen molar-refractivity contribution < 1.29 is 4.52 Å². The lowest BCUT2D eigenvalue weighted by atomic mass is 10.0. The average Bonchev–Trinajstić information content (AvgIpc) is 2.93. The van der Waals surface area contributed by atoms with Crippen molar-refractivity contribution in [3.8, 4) is 22.4 Å². The van der Waals surface area contributed by atoms with Gasteiger partial charge in [-0.05, 0) is 55.6 Å². The standard InChI is InChI=1S/C13H7Br2ClN2OS/c14-9-5-8(12(15)20-9)11-10(13(17)19-18-11)6-1-3-7(16)4-2-6/h1-5H,17H2. The Morgan fingerprint density at radius 3 is 2.50 bits per heavy atom. The van der Waals surface area contributed by atoms with Crippen LogP contribution in [0.1, 0.15) is 0 Å². The van der Waals surface area contributed by atoms with Crippen LogP contribution < -0.4 is 5.73 Å². The molecule has 0 saturated carbocycles. The van der Waals surface area contributed by atoms with Crippen molar-refractivity contribution in [1.29, 1.82) is 0 Å². The lowest BCUT2D eigenvalue weighted by Crippen LogP contribution is -1.87. The molecule has 0 aliphatic carbocycles. The molecule has 2 heterocycles. The molecule has 0 radical (unpaired) electrons. The van der Waals surface area contributed by atoms with Gasteiger partial charge in [-0.15, -0.1) is 11.3 Å². The van der Waals surface area contributed by atoms with E-state index in [-0.39, 0.29) is 5.88 Å². The zero-order valence-corrected chi connectivity index (χ0v) is 14.6. The maximum Gasteiger partial charge on any atom is 0.230 e. The Kier molecular flexibility index (Phi) is 3.90. The molecule has 7 heteroatoms. The van der Waals surface area contributed by atoms with Gasteiger partial charge < -0.3 is 10.3 Å². The van der Waals surface area contributed by atoms with E-state index in [0.717, 1.165) is 24.3 Å². The van der Waals surface area contributed by atoms with E-state index in [1.165, 1.54) is 0 Å². The smallest absolute Gasteiger partial charge is 0.230 e. The Morgan fingerprint density at radius 1 is 1.20 bits per heavy atom. The summed E-state index contributed by atoms with van der Waals surface area (Å²) < 4.78 is 7.13. The van der Waals surface area contributed by atoms with E-state index in [9.17, 15) is 0 Å². The normalized spacial score (nSPS) is 10.9. The molecule has 0 amide bonds. The third-order valence-corrected chi connectivity index (χ3v) is 5.35. The van der Waals surface area contributed by atoms with Gasteiger partial charge in [-0.25, -0.2) is 0 Å². The van der Waals surface area contributed by atoms with E-state index in [4.69, 9.17) is 21.9 Å². The first-order chi connectivity index (χ1) is 9.56. The topological polar surface area (TPSA) is 52.0 Å². The highest BCUT2D eigenvalue weighted by Crippen LogP contribution is 2.43. The van der Waals surface area contributed by atoms with Crippen LogP contribution in [0.2, 0.25) is 5.02 Å². The molecule has 0 bridgehead atoms. The van der Waals surface area contributed by atoms with Crippen LogP contribution in [0.15, 0.2) is 42.4 Å². The Bertz CT molecular complexity index is 767. The maximum absolute atomic E-state index is 5.92. The van der Waals surface area contributed by atoms with Crippen LogP contribution >= 0.6 is 54.8 Å². The minimum absolute atomic E-state index is 0.288. The minimum Gasteiger partial charge on any atom is -0.367 e. The molecule has 2 aromatic heterocycles. The minimum atomic E-state index is 0.288. The maximum atomic E-state index is 5.92. The van der Waals surface area contributed by atoms with E-state index in [0.29, 0.717) is 10.7 Å². The SMILES string of the molecule is Nc1onc(-c2cc(Br)sc2Br)c1-c1ccc(Cl)cc1. The number of nitrogen functional groups attached to an aromatic ring is 1. The number of hydrogen-bond donors (Lipinski definition) is 1. The van der Waals surface area contributed by atoms with E-state index < -0.39 is 0 Å². The Hall–Kier alpha value is -0.820. The quantitative estimate of drug-likeness (QED) is 0.552. The third kappa shape index (κ3) is 2.53. The van der Waals surface area contributed by atoms with E-state index in [2.05, 4.69) is 37.0 Å². The van der Waals surface area contributed by atoms with Crippen LogP contribution in [0.5, 0.6) is 0 Å². The predicted molar refractivity (Wildman–Crippen MR) is 90.1 cm³/mol. The molecule has 102 valence electrons. The van der Waals surface area contributed by atoms with Gasteiger partial charge in [0.05, 0.1) is 13.1 Å². The summed E-state index contributed by atoms with van der Waals surface area (Å²) in [4.78, 5) is 0. The monoisotopic (exact) mass is 432 g/mol. The number of thiophene rings is 1. The van der Waals surface area contributed by atoms with Crippen LogP contribution in [-0.4, -0.2) is 5.16 Å². The largest absolute Gasteiger partial charge is 0.367 e. The molecule has 2 N–H and O–H groups in total. The zero-order chi connectivity index (χ0) is 14.3. The molecular weight excluding hydrogens is 427 g/mol. The molecule has 0 spiro atoms. The van der Waals surface area contributed by atoms with Gasteiger partial charge in [0.2, 0.25) is 5.88 Å². The van der Waals surface area contributed by atoms with Crippen LogP contribution in [0.25, 0.3) is 22.4 Å². The summed E-state index contributed by atoms with van der Waals surface area (Å²) in [5.74, 6) is 0.288. The fourth-order valence-electron chi connectivity index (χ4n) is 1.88. The van der Waals surface area contributed by atoms with Crippen LogP contribution in [0, 0.1) is 0 Å². The van der Waals surface area contributed by atoms with Gasteiger partial charge >= 0.3 is 0 Å². The lowest BCUT2D eigenvalue weighted by Gasteiger charge is -2.02. The van der Waals surface area contributed by atoms with Gasteiger partial charge in [-0.3, -0.25) is 0 Å². The van der Waals surface area contributed by atoms with Crippen molar-refractivity contribution in [1.82, 2.24) is 5.16 Å². The summed E-state index contributed by atoms with van der Waals surface area (Å²) in [5.41, 5.74) is 9.25. The van der Waals surface area contributed by atoms with Gasteiger partial charge in [0.25, 0.3) is 0 Å². The zero-order valence-electron chi connectivity index (χ0n) is 9.86. The summed E-state index contributed by atoms with van der Waals surface area (Å²) in [5, 5.41) is 4.75. The van der Waals surface area contributed by atoms with Crippen molar-refractivity contribution in [2.75, 3.05) is 5.73 Å². The van der Waals surface area contributed by atoms with E-state index in [1.54, 1.807) is 11.3 Å². The molecule has 3 rings (SSSR count). The van der Waals surface area contributed by atoms with Crippen LogP contribution in [-0.2, 0) is 0 Å². The summed E-state index contributed by atoms with van der Waals surface area (Å²) in [7, 11) is 0. The summed E-state index contributed by atoms with van der Waals surface area (Å²) >= 11 is 14.5. The number of nitrogens with two attached hydrogens (primary N) is 1. The van der Waals surface area contributed by atoms with Gasteiger partial charge in [0.15, 0.2) is 0 Å². The molecular formula is C13H7Br2ClN2OS. The highest BCUT2D eigenvalue weighted by Gasteiger charge is 2.20. The Balaban J connectivity index is 2.19. The van der Waals surface area contributed by atoms with Crippen molar-refractivity contribution in [2.24, 2.45) is 0 Å². The van der Waals surface area contributed by atoms with Gasteiger partial charge in [-0.2, -0.15) is 0 Å². The molecule has 0 aliphatic rings. The Morgan fingerprint density at radius 2 is 1.90 bits per heavy atom. The molecule has 0 unspecified atom stereocenters. The van der Waals surface area contributed by atoms with Crippen LogP contribution in [0.4, 0.5) is 5.88 Å². The number of nitrogens with zero attached hydrogens (tertiary/aromatic N) is 1. The summed E-state index contributed by atoms with van der Waals surface area (Å²) in [6, 6.07) is 9.39. The second kappa shape index (κ2) is 5.52. The molecule has 0 saturated heterocycles. The number of anilines is 1. The van der Waals surface area contributed by atoms with E-state index in [1.807, 2.05) is 30.3 Å². The molecule has 1 aromatic carbocycles. The van der Waals surface area contributed by atoms with Crippen molar-refractivity contribution in [3.05, 3.63) is 42.9 Å². The van der Waals surface area contributed by atoms with Gasteiger partial charge in [0.1, 0.15) is 5.69 Å². The Labute approximate surface area is 141 Å². The van der Waals surface area contributed by atoms with Gasteiger partial charge in [0, 0.05) is 10.6 Å². The number of rotatable bonds is 2. The highest BCUT2D eigenvalue weighted by atomic mass is 79.9. The number of aromatic nitrogens is 1. The number of halogens is 3. The molecule has 20 heavy (non-hydrogen) atoms. The molecule has 0 fully saturated rings. The second-order valence-corrected chi connectivity index (χ2v) is 8.20. The van der Waals surface area contributed by atoms with Crippen LogP contribution in [0.3, 0.4) is 0 Å². The highest BCUT2D eigenvalue weighted by molar-refractivity contribution is 9.12. The molecule has 3 aromatic rings. The number of benzene rings is 1. The first kappa shape index (κ1) is 14.1. The fraction of sp³-hybridized carbons (Fsp3) is 0. The fourth-order valence-corrected chi connectivity index (χ4v) is 4.82. The lowest BCUT2D eigenvalue weighted by molar-refractivity contribution is 0.439.